The van der Waals surface area contributed by atoms with Gasteiger partial charge in [-0.2, -0.15) is 0 Å². The molecule has 4 nitrogen and oxygen atoms in total. The molecule has 0 amide bonds. The summed E-state index contributed by atoms with van der Waals surface area (Å²) >= 11 is 5.98. The maximum Gasteiger partial charge on any atom is 0.332 e. The van der Waals surface area contributed by atoms with Gasteiger partial charge in [0, 0.05) is 10.7 Å². The van der Waals surface area contributed by atoms with Crippen LogP contribution >= 0.6 is 11.6 Å². The number of anilines is 1. The van der Waals surface area contributed by atoms with Crippen molar-refractivity contribution >= 4 is 23.3 Å². The van der Waals surface area contributed by atoms with E-state index in [-0.39, 0.29) is 5.97 Å². The number of nitrogens with one attached hydrogen (secondary N) is 1. The standard InChI is InChI=1S/C16H16ClNO3/c1-20-14-8-6-13(7-9-14)18-15(16(19)21-2)11-4-3-5-12(17)10-11/h3-10,15,18H,1-2H3. The van der Waals surface area contributed by atoms with Crippen LogP contribution in [-0.2, 0) is 9.53 Å². The lowest BCUT2D eigenvalue weighted by atomic mass is 10.1. The summed E-state index contributed by atoms with van der Waals surface area (Å²) in [5.74, 6) is 0.367. The van der Waals surface area contributed by atoms with Crippen LogP contribution in [0.3, 0.4) is 0 Å². The number of ether oxygens (including phenoxy) is 2. The Labute approximate surface area is 128 Å². The van der Waals surface area contributed by atoms with Gasteiger partial charge in [0.15, 0.2) is 6.04 Å². The van der Waals surface area contributed by atoms with Gasteiger partial charge in [0.1, 0.15) is 5.75 Å². The molecule has 5 heteroatoms. The summed E-state index contributed by atoms with van der Waals surface area (Å²) in [6.07, 6.45) is 0. The molecule has 0 heterocycles. The molecule has 0 radical (unpaired) electrons. The lowest BCUT2D eigenvalue weighted by Crippen LogP contribution is -2.22. The van der Waals surface area contributed by atoms with Crippen LogP contribution in [-0.4, -0.2) is 20.2 Å². The van der Waals surface area contributed by atoms with Crippen LogP contribution in [0, 0.1) is 0 Å². The molecule has 2 aromatic carbocycles. The van der Waals surface area contributed by atoms with Crippen LogP contribution in [0.1, 0.15) is 11.6 Å². The molecule has 2 aromatic rings. The first kappa shape index (κ1) is 15.2. The maximum absolute atomic E-state index is 12.0. The van der Waals surface area contributed by atoms with Crippen LogP contribution in [0.4, 0.5) is 5.69 Å². The van der Waals surface area contributed by atoms with E-state index in [1.165, 1.54) is 7.11 Å². The number of carbonyl (C=O) groups is 1. The van der Waals surface area contributed by atoms with Crippen molar-refractivity contribution in [3.8, 4) is 5.75 Å². The van der Waals surface area contributed by atoms with Crippen LogP contribution in [0.2, 0.25) is 5.02 Å². The average molecular weight is 306 g/mol. The highest BCUT2D eigenvalue weighted by Gasteiger charge is 2.21. The van der Waals surface area contributed by atoms with Crippen LogP contribution in [0.15, 0.2) is 48.5 Å². The minimum Gasteiger partial charge on any atom is -0.497 e. The van der Waals surface area contributed by atoms with Crippen molar-refractivity contribution in [2.45, 2.75) is 6.04 Å². The summed E-state index contributed by atoms with van der Waals surface area (Å²) < 4.78 is 9.96. The van der Waals surface area contributed by atoms with Gasteiger partial charge in [0.05, 0.1) is 14.2 Å². The van der Waals surface area contributed by atoms with E-state index >= 15 is 0 Å². The van der Waals surface area contributed by atoms with Crippen molar-refractivity contribution in [3.63, 3.8) is 0 Å². The Morgan fingerprint density at radius 2 is 1.86 bits per heavy atom. The Hall–Kier alpha value is -2.20. The zero-order valence-electron chi connectivity index (χ0n) is 11.8. The van der Waals surface area contributed by atoms with Gasteiger partial charge in [-0.1, -0.05) is 23.7 Å². The van der Waals surface area contributed by atoms with Crippen molar-refractivity contribution in [1.29, 1.82) is 0 Å². The number of benzene rings is 2. The van der Waals surface area contributed by atoms with E-state index in [4.69, 9.17) is 21.1 Å². The Morgan fingerprint density at radius 3 is 2.43 bits per heavy atom. The number of halogens is 1. The molecule has 2 rings (SSSR count). The number of hydrogen-bond donors (Lipinski definition) is 1. The highest BCUT2D eigenvalue weighted by molar-refractivity contribution is 6.30. The molecule has 0 saturated heterocycles. The van der Waals surface area contributed by atoms with Gasteiger partial charge in [-0.15, -0.1) is 0 Å². The fourth-order valence-electron chi connectivity index (χ4n) is 1.94. The lowest BCUT2D eigenvalue weighted by molar-refractivity contribution is -0.141. The van der Waals surface area contributed by atoms with Gasteiger partial charge in [-0.25, -0.2) is 4.79 Å². The zero-order chi connectivity index (χ0) is 15.2. The normalized spacial score (nSPS) is 11.6. The molecule has 1 N–H and O–H groups in total. The molecule has 0 aliphatic rings. The maximum atomic E-state index is 12.0. The second-order valence-corrected chi connectivity index (χ2v) is 4.82. The van der Waals surface area contributed by atoms with Gasteiger partial charge in [0.25, 0.3) is 0 Å². The van der Waals surface area contributed by atoms with E-state index in [9.17, 15) is 4.79 Å². The van der Waals surface area contributed by atoms with Crippen LogP contribution < -0.4 is 10.1 Å². The Bertz CT molecular complexity index is 613. The molecule has 0 bridgehead atoms. The summed E-state index contributed by atoms with van der Waals surface area (Å²) in [4.78, 5) is 12.0. The van der Waals surface area contributed by atoms with E-state index < -0.39 is 6.04 Å². The van der Waals surface area contributed by atoms with Crippen LogP contribution in [0.5, 0.6) is 5.75 Å². The molecule has 0 spiro atoms. The van der Waals surface area contributed by atoms with E-state index in [0.29, 0.717) is 5.02 Å². The number of rotatable bonds is 5. The second-order valence-electron chi connectivity index (χ2n) is 4.38. The monoisotopic (exact) mass is 305 g/mol. The SMILES string of the molecule is COC(=O)C(Nc1ccc(OC)cc1)c1cccc(Cl)c1. The molecule has 21 heavy (non-hydrogen) atoms. The fourth-order valence-corrected chi connectivity index (χ4v) is 2.13. The molecule has 1 atom stereocenters. The number of carbonyl (C=O) groups excluding carboxylic acids is 1. The topological polar surface area (TPSA) is 47.6 Å². The van der Waals surface area contributed by atoms with E-state index in [0.717, 1.165) is 17.0 Å². The second kappa shape index (κ2) is 6.99. The molecular formula is C16H16ClNO3. The van der Waals surface area contributed by atoms with Gasteiger partial charge in [-0.3, -0.25) is 0 Å². The fraction of sp³-hybridized carbons (Fsp3) is 0.188. The van der Waals surface area contributed by atoms with Crippen molar-refractivity contribution < 1.29 is 14.3 Å². The van der Waals surface area contributed by atoms with Crippen molar-refractivity contribution in [3.05, 3.63) is 59.1 Å². The Kier molecular flexibility index (Phi) is 5.06. The highest BCUT2D eigenvalue weighted by Crippen LogP contribution is 2.24. The molecule has 110 valence electrons. The average Bonchev–Trinajstić information content (AvgIpc) is 2.52. The van der Waals surface area contributed by atoms with Gasteiger partial charge >= 0.3 is 5.97 Å². The first-order valence-electron chi connectivity index (χ1n) is 6.38. The number of hydrogen-bond acceptors (Lipinski definition) is 4. The van der Waals surface area contributed by atoms with E-state index in [2.05, 4.69) is 5.32 Å². The largest absolute Gasteiger partial charge is 0.497 e. The third kappa shape index (κ3) is 3.89. The Balaban J connectivity index is 2.26. The molecule has 0 aliphatic carbocycles. The quantitative estimate of drug-likeness (QED) is 0.856. The predicted molar refractivity (Wildman–Crippen MR) is 82.8 cm³/mol. The lowest BCUT2D eigenvalue weighted by Gasteiger charge is -2.18. The summed E-state index contributed by atoms with van der Waals surface area (Å²) in [6.45, 7) is 0. The first-order chi connectivity index (χ1) is 10.1. The van der Waals surface area contributed by atoms with E-state index in [1.54, 1.807) is 25.3 Å². The van der Waals surface area contributed by atoms with Gasteiger partial charge in [0.2, 0.25) is 0 Å². The van der Waals surface area contributed by atoms with Crippen molar-refractivity contribution in [2.24, 2.45) is 0 Å². The predicted octanol–water partition coefficient (Wildman–Crippen LogP) is 3.67. The summed E-state index contributed by atoms with van der Waals surface area (Å²) in [7, 11) is 2.96. The molecule has 0 aromatic heterocycles. The number of methoxy groups -OCH3 is 2. The van der Waals surface area contributed by atoms with Gasteiger partial charge < -0.3 is 14.8 Å². The highest BCUT2D eigenvalue weighted by atomic mass is 35.5. The summed E-state index contributed by atoms with van der Waals surface area (Å²) in [6, 6.07) is 13.8. The third-order valence-corrected chi connectivity index (χ3v) is 3.26. The van der Waals surface area contributed by atoms with Gasteiger partial charge in [-0.05, 0) is 42.0 Å². The molecule has 0 saturated carbocycles. The van der Waals surface area contributed by atoms with Crippen molar-refractivity contribution in [1.82, 2.24) is 0 Å². The first-order valence-corrected chi connectivity index (χ1v) is 6.75. The summed E-state index contributed by atoms with van der Waals surface area (Å²) in [5.41, 5.74) is 1.52. The molecular weight excluding hydrogens is 290 g/mol. The third-order valence-electron chi connectivity index (χ3n) is 3.02. The van der Waals surface area contributed by atoms with Crippen LogP contribution in [0.25, 0.3) is 0 Å². The minimum atomic E-state index is -0.623. The summed E-state index contributed by atoms with van der Waals surface area (Å²) in [5, 5.41) is 3.70. The molecule has 0 aliphatic heterocycles. The smallest absolute Gasteiger partial charge is 0.332 e. The molecule has 0 fully saturated rings. The zero-order valence-corrected chi connectivity index (χ0v) is 12.6. The van der Waals surface area contributed by atoms with E-state index in [1.807, 2.05) is 30.3 Å². The minimum absolute atomic E-state index is 0.381. The van der Waals surface area contributed by atoms with Crippen molar-refractivity contribution in [2.75, 3.05) is 19.5 Å². The number of esters is 1. The Morgan fingerprint density at radius 1 is 1.14 bits per heavy atom. The molecule has 1 unspecified atom stereocenters.